The highest BCUT2D eigenvalue weighted by Gasteiger charge is 2.28. The first-order chi connectivity index (χ1) is 14.3. The number of thioether (sulfide) groups is 1. The maximum atomic E-state index is 12.6. The zero-order valence-corrected chi connectivity index (χ0v) is 17.8. The number of aromatic amines is 1. The topological polar surface area (TPSA) is 106 Å². The first-order valence-electron chi connectivity index (χ1n) is 9.40. The molecule has 1 N–H and O–H groups in total. The lowest BCUT2D eigenvalue weighted by Gasteiger charge is -2.27. The molecular formula is C21H22N2O6S. The highest BCUT2D eigenvalue weighted by Crippen LogP contribution is 2.34. The van der Waals surface area contributed by atoms with Crippen molar-refractivity contribution in [1.82, 2.24) is 4.98 Å². The number of esters is 2. The van der Waals surface area contributed by atoms with Crippen molar-refractivity contribution in [3.8, 4) is 0 Å². The van der Waals surface area contributed by atoms with E-state index in [4.69, 9.17) is 9.47 Å². The van der Waals surface area contributed by atoms with Crippen molar-refractivity contribution in [3.05, 3.63) is 46.8 Å². The SMILES string of the molecule is CCOC(=O)c1[nH]c(C)c(C(=O)COC(=O)CN2C(=O)CSc3ccccc32)c1C. The van der Waals surface area contributed by atoms with E-state index in [1.807, 2.05) is 12.1 Å². The predicted molar refractivity (Wildman–Crippen MR) is 111 cm³/mol. The van der Waals surface area contributed by atoms with Gasteiger partial charge >= 0.3 is 11.9 Å². The van der Waals surface area contributed by atoms with Crippen LogP contribution in [0.5, 0.6) is 0 Å². The average Bonchev–Trinajstić information content (AvgIpc) is 3.02. The summed E-state index contributed by atoms with van der Waals surface area (Å²) in [4.78, 5) is 54.3. The van der Waals surface area contributed by atoms with E-state index in [0.29, 0.717) is 22.5 Å². The summed E-state index contributed by atoms with van der Waals surface area (Å²) in [6, 6.07) is 7.30. The largest absolute Gasteiger partial charge is 0.461 e. The molecule has 1 aromatic heterocycles. The minimum Gasteiger partial charge on any atom is -0.461 e. The second-order valence-corrected chi connectivity index (χ2v) is 7.68. The summed E-state index contributed by atoms with van der Waals surface area (Å²) in [6.45, 7) is 4.44. The number of ether oxygens (including phenoxy) is 2. The van der Waals surface area contributed by atoms with E-state index < -0.39 is 24.3 Å². The van der Waals surface area contributed by atoms with E-state index >= 15 is 0 Å². The number of aryl methyl sites for hydroxylation is 1. The van der Waals surface area contributed by atoms with Gasteiger partial charge in [-0.1, -0.05) is 12.1 Å². The standard InChI is InChI=1S/C21H22N2O6S/c1-4-28-21(27)20-12(2)19(13(3)22-20)15(24)10-29-18(26)9-23-14-7-5-6-8-16(14)30-11-17(23)25/h5-8,22H,4,9-11H2,1-3H3. The molecule has 2 aromatic rings. The van der Waals surface area contributed by atoms with Gasteiger partial charge in [0.05, 0.1) is 18.0 Å². The number of nitrogens with zero attached hydrogens (tertiary/aromatic N) is 1. The Balaban J connectivity index is 1.65. The molecule has 0 radical (unpaired) electrons. The summed E-state index contributed by atoms with van der Waals surface area (Å²) in [5.74, 6) is -1.63. The zero-order chi connectivity index (χ0) is 21.8. The van der Waals surface area contributed by atoms with Gasteiger partial charge in [0, 0.05) is 16.2 Å². The van der Waals surface area contributed by atoms with Gasteiger partial charge in [0.25, 0.3) is 0 Å². The summed E-state index contributed by atoms with van der Waals surface area (Å²) < 4.78 is 10.1. The summed E-state index contributed by atoms with van der Waals surface area (Å²) in [6.07, 6.45) is 0. The molecule has 8 nitrogen and oxygen atoms in total. The number of amides is 1. The summed E-state index contributed by atoms with van der Waals surface area (Å²) >= 11 is 1.42. The van der Waals surface area contributed by atoms with Crippen LogP contribution in [0.4, 0.5) is 5.69 Å². The molecule has 0 spiro atoms. The molecule has 1 aliphatic rings. The normalized spacial score (nSPS) is 13.0. The Kier molecular flexibility index (Phi) is 6.61. The molecule has 1 aromatic carbocycles. The minimum atomic E-state index is -0.685. The Bertz CT molecular complexity index is 1010. The van der Waals surface area contributed by atoms with Gasteiger partial charge in [-0.2, -0.15) is 0 Å². The van der Waals surface area contributed by atoms with Gasteiger partial charge in [0.2, 0.25) is 11.7 Å². The van der Waals surface area contributed by atoms with Crippen LogP contribution >= 0.6 is 11.8 Å². The number of carbonyl (C=O) groups is 4. The van der Waals surface area contributed by atoms with Gasteiger partial charge in [-0.15, -0.1) is 11.8 Å². The smallest absolute Gasteiger partial charge is 0.355 e. The number of aromatic nitrogens is 1. The Morgan fingerprint density at radius 1 is 1.17 bits per heavy atom. The fourth-order valence-corrected chi connectivity index (χ4v) is 4.23. The Labute approximate surface area is 177 Å². The summed E-state index contributed by atoms with van der Waals surface area (Å²) in [7, 11) is 0. The molecule has 0 bridgehead atoms. The van der Waals surface area contributed by atoms with Crippen molar-refractivity contribution in [2.24, 2.45) is 0 Å². The fourth-order valence-electron chi connectivity index (χ4n) is 3.30. The predicted octanol–water partition coefficient (Wildman–Crippen LogP) is 2.67. The van der Waals surface area contributed by atoms with Crippen molar-refractivity contribution in [1.29, 1.82) is 0 Å². The second-order valence-electron chi connectivity index (χ2n) is 6.67. The fraction of sp³-hybridized carbons (Fsp3) is 0.333. The monoisotopic (exact) mass is 430 g/mol. The second kappa shape index (κ2) is 9.17. The molecule has 0 unspecified atom stereocenters. The quantitative estimate of drug-likeness (QED) is 0.532. The number of rotatable bonds is 7. The summed E-state index contributed by atoms with van der Waals surface area (Å²) in [5.41, 5.74) is 2.09. The summed E-state index contributed by atoms with van der Waals surface area (Å²) in [5, 5.41) is 0. The molecular weight excluding hydrogens is 408 g/mol. The number of H-pyrrole nitrogens is 1. The van der Waals surface area contributed by atoms with Crippen molar-refractivity contribution in [2.45, 2.75) is 25.7 Å². The number of benzene rings is 1. The number of fused-ring (bicyclic) bond motifs is 1. The third kappa shape index (κ3) is 4.40. The van der Waals surface area contributed by atoms with E-state index in [1.165, 1.54) is 16.7 Å². The number of carbonyl (C=O) groups excluding carboxylic acids is 4. The molecule has 30 heavy (non-hydrogen) atoms. The van der Waals surface area contributed by atoms with Gasteiger partial charge in [0.15, 0.2) is 6.61 Å². The first kappa shape index (κ1) is 21.6. The van der Waals surface area contributed by atoms with Crippen LogP contribution in [0.25, 0.3) is 0 Å². The van der Waals surface area contributed by atoms with Crippen LogP contribution in [-0.2, 0) is 19.1 Å². The molecule has 0 fully saturated rings. The molecule has 0 aliphatic carbocycles. The van der Waals surface area contributed by atoms with E-state index in [1.54, 1.807) is 32.9 Å². The zero-order valence-electron chi connectivity index (χ0n) is 16.9. The lowest BCUT2D eigenvalue weighted by Crippen LogP contribution is -2.40. The van der Waals surface area contributed by atoms with E-state index in [9.17, 15) is 19.2 Å². The lowest BCUT2D eigenvalue weighted by molar-refractivity contribution is -0.141. The van der Waals surface area contributed by atoms with Crippen LogP contribution in [0.2, 0.25) is 0 Å². The highest BCUT2D eigenvalue weighted by atomic mass is 32.2. The van der Waals surface area contributed by atoms with Gasteiger partial charge in [-0.3, -0.25) is 19.3 Å². The number of hydrogen-bond acceptors (Lipinski definition) is 7. The average molecular weight is 430 g/mol. The highest BCUT2D eigenvalue weighted by molar-refractivity contribution is 8.00. The van der Waals surface area contributed by atoms with Crippen LogP contribution in [-0.4, -0.2) is 54.1 Å². The number of anilines is 1. The van der Waals surface area contributed by atoms with Crippen molar-refractivity contribution < 1.29 is 28.7 Å². The van der Waals surface area contributed by atoms with Crippen LogP contribution in [0, 0.1) is 13.8 Å². The van der Waals surface area contributed by atoms with Crippen LogP contribution in [0.15, 0.2) is 29.2 Å². The molecule has 2 heterocycles. The number of ketones is 1. The number of nitrogens with one attached hydrogen (secondary N) is 1. The van der Waals surface area contributed by atoms with Crippen LogP contribution in [0.3, 0.4) is 0 Å². The molecule has 0 atom stereocenters. The number of para-hydroxylation sites is 1. The van der Waals surface area contributed by atoms with Crippen molar-refractivity contribution >= 4 is 41.1 Å². The maximum Gasteiger partial charge on any atom is 0.355 e. The number of hydrogen-bond donors (Lipinski definition) is 1. The Hall–Kier alpha value is -3.07. The van der Waals surface area contributed by atoms with E-state index in [-0.39, 0.29) is 30.5 Å². The molecule has 158 valence electrons. The third-order valence-corrected chi connectivity index (χ3v) is 5.70. The van der Waals surface area contributed by atoms with E-state index in [0.717, 1.165) is 4.90 Å². The third-order valence-electron chi connectivity index (χ3n) is 4.66. The number of Topliss-reactive ketones (excluding diaryl/α,β-unsaturated/α-hetero) is 1. The lowest BCUT2D eigenvalue weighted by atomic mass is 10.1. The van der Waals surface area contributed by atoms with E-state index in [2.05, 4.69) is 4.98 Å². The van der Waals surface area contributed by atoms with Gasteiger partial charge in [-0.25, -0.2) is 4.79 Å². The molecule has 3 rings (SSSR count). The molecule has 1 aliphatic heterocycles. The first-order valence-corrected chi connectivity index (χ1v) is 10.4. The van der Waals surface area contributed by atoms with Crippen molar-refractivity contribution in [3.63, 3.8) is 0 Å². The van der Waals surface area contributed by atoms with Gasteiger partial charge in [-0.05, 0) is 38.5 Å². The van der Waals surface area contributed by atoms with Gasteiger partial charge in [0.1, 0.15) is 12.2 Å². The Morgan fingerprint density at radius 3 is 2.63 bits per heavy atom. The van der Waals surface area contributed by atoms with Gasteiger partial charge < -0.3 is 14.5 Å². The van der Waals surface area contributed by atoms with Crippen molar-refractivity contribution in [2.75, 3.05) is 30.4 Å². The maximum absolute atomic E-state index is 12.6. The van der Waals surface area contributed by atoms with Crippen LogP contribution in [0.1, 0.15) is 39.0 Å². The Morgan fingerprint density at radius 2 is 1.90 bits per heavy atom. The molecule has 1 amide bonds. The minimum absolute atomic E-state index is 0.196. The molecule has 9 heteroatoms. The molecule has 0 saturated heterocycles. The molecule has 0 saturated carbocycles. The van der Waals surface area contributed by atoms with Crippen LogP contribution < -0.4 is 4.90 Å².